The monoisotopic (exact) mass is 276 g/mol. The van der Waals surface area contributed by atoms with Gasteiger partial charge in [-0.05, 0) is 38.3 Å². The predicted molar refractivity (Wildman–Crippen MR) is 74.2 cm³/mol. The molecule has 0 bridgehead atoms. The first-order valence-electron chi connectivity index (χ1n) is 6.87. The predicted octanol–water partition coefficient (Wildman–Crippen LogP) is 1.69. The van der Waals surface area contributed by atoms with Crippen LogP contribution in [0, 0.1) is 12.3 Å². The average Bonchev–Trinajstić information content (AvgIpc) is 2.75. The fourth-order valence-corrected chi connectivity index (χ4v) is 2.75. The molecular formula is C15H20N2O3. The summed E-state index contributed by atoms with van der Waals surface area (Å²) in [5.41, 5.74) is 0.851. The molecule has 0 spiro atoms. The lowest BCUT2D eigenvalue weighted by Gasteiger charge is -2.27. The summed E-state index contributed by atoms with van der Waals surface area (Å²) in [6.45, 7) is 3.62. The standard InChI is InChI=1S/C15H20N2O3/c1-10-5-4-8-16-11(10)9-13(18)17-12-6-3-7-15(12,2)14(19)20/h4-5,8,12H,3,6-7,9H2,1-2H3,(H,17,18)(H,19,20). The molecule has 5 nitrogen and oxygen atoms in total. The number of carboxylic acids is 1. The van der Waals surface area contributed by atoms with Crippen molar-refractivity contribution in [2.75, 3.05) is 0 Å². The molecule has 5 heteroatoms. The molecule has 0 aliphatic heterocycles. The number of pyridine rings is 1. The summed E-state index contributed by atoms with van der Waals surface area (Å²) in [5.74, 6) is -1.000. The van der Waals surface area contributed by atoms with Gasteiger partial charge in [0.1, 0.15) is 0 Å². The van der Waals surface area contributed by atoms with Crippen LogP contribution in [0.5, 0.6) is 0 Å². The zero-order valence-electron chi connectivity index (χ0n) is 11.8. The van der Waals surface area contributed by atoms with Crippen LogP contribution in [0.2, 0.25) is 0 Å². The van der Waals surface area contributed by atoms with Crippen molar-refractivity contribution in [3.05, 3.63) is 29.6 Å². The number of aliphatic carboxylic acids is 1. The van der Waals surface area contributed by atoms with E-state index in [4.69, 9.17) is 0 Å². The van der Waals surface area contributed by atoms with Crippen molar-refractivity contribution in [2.24, 2.45) is 5.41 Å². The second-order valence-electron chi connectivity index (χ2n) is 5.68. The quantitative estimate of drug-likeness (QED) is 0.877. The molecule has 1 aliphatic carbocycles. The zero-order valence-corrected chi connectivity index (χ0v) is 11.8. The summed E-state index contributed by atoms with van der Waals surface area (Å²) in [4.78, 5) is 27.6. The highest BCUT2D eigenvalue weighted by atomic mass is 16.4. The van der Waals surface area contributed by atoms with E-state index in [2.05, 4.69) is 10.3 Å². The van der Waals surface area contributed by atoms with E-state index in [0.717, 1.165) is 24.1 Å². The van der Waals surface area contributed by atoms with Crippen LogP contribution in [0.25, 0.3) is 0 Å². The second-order valence-corrected chi connectivity index (χ2v) is 5.68. The number of amides is 1. The SMILES string of the molecule is Cc1cccnc1CC(=O)NC1CCCC1(C)C(=O)O. The van der Waals surface area contributed by atoms with Gasteiger partial charge in [-0.3, -0.25) is 14.6 Å². The van der Waals surface area contributed by atoms with Gasteiger partial charge < -0.3 is 10.4 Å². The van der Waals surface area contributed by atoms with Crippen molar-refractivity contribution in [3.8, 4) is 0 Å². The van der Waals surface area contributed by atoms with Gasteiger partial charge in [-0.2, -0.15) is 0 Å². The molecule has 1 aromatic rings. The molecular weight excluding hydrogens is 256 g/mol. The maximum absolute atomic E-state index is 12.1. The molecule has 1 amide bonds. The molecule has 1 heterocycles. The van der Waals surface area contributed by atoms with Gasteiger partial charge in [0.05, 0.1) is 17.5 Å². The molecule has 2 atom stereocenters. The minimum atomic E-state index is -0.852. The lowest BCUT2D eigenvalue weighted by Crippen LogP contribution is -2.47. The molecule has 1 aromatic heterocycles. The Morgan fingerprint density at radius 2 is 2.30 bits per heavy atom. The van der Waals surface area contributed by atoms with Crippen molar-refractivity contribution in [1.29, 1.82) is 0 Å². The number of carboxylic acid groups (broad SMARTS) is 1. The molecule has 2 rings (SSSR count). The number of nitrogens with zero attached hydrogens (tertiary/aromatic N) is 1. The molecule has 20 heavy (non-hydrogen) atoms. The Balaban J connectivity index is 2.02. The number of carbonyl (C=O) groups is 2. The van der Waals surface area contributed by atoms with Crippen LogP contribution in [-0.2, 0) is 16.0 Å². The molecule has 1 aliphatic rings. The van der Waals surface area contributed by atoms with E-state index in [9.17, 15) is 14.7 Å². The largest absolute Gasteiger partial charge is 0.481 e. The van der Waals surface area contributed by atoms with Crippen molar-refractivity contribution in [2.45, 2.75) is 45.6 Å². The van der Waals surface area contributed by atoms with E-state index < -0.39 is 11.4 Å². The fourth-order valence-electron chi connectivity index (χ4n) is 2.75. The highest BCUT2D eigenvalue weighted by Gasteiger charge is 2.45. The lowest BCUT2D eigenvalue weighted by molar-refractivity contribution is -0.149. The summed E-state index contributed by atoms with van der Waals surface area (Å²) < 4.78 is 0. The maximum Gasteiger partial charge on any atom is 0.311 e. The summed E-state index contributed by atoms with van der Waals surface area (Å²) in [6.07, 6.45) is 4.01. The lowest BCUT2D eigenvalue weighted by atomic mass is 9.85. The number of hydrogen-bond donors (Lipinski definition) is 2. The third kappa shape index (κ3) is 2.81. The first-order valence-corrected chi connectivity index (χ1v) is 6.87. The van der Waals surface area contributed by atoms with Crippen LogP contribution in [0.1, 0.15) is 37.4 Å². The smallest absolute Gasteiger partial charge is 0.311 e. The van der Waals surface area contributed by atoms with Crippen LogP contribution in [0.15, 0.2) is 18.3 Å². The van der Waals surface area contributed by atoms with Gasteiger partial charge in [-0.25, -0.2) is 0 Å². The Bertz CT molecular complexity index is 530. The van der Waals surface area contributed by atoms with E-state index in [-0.39, 0.29) is 18.4 Å². The Kier molecular flexibility index (Phi) is 4.06. The van der Waals surface area contributed by atoms with Crippen LogP contribution in [0.3, 0.4) is 0 Å². The van der Waals surface area contributed by atoms with Crippen molar-refractivity contribution < 1.29 is 14.7 Å². The maximum atomic E-state index is 12.1. The van der Waals surface area contributed by atoms with E-state index in [1.54, 1.807) is 13.1 Å². The summed E-state index contributed by atoms with van der Waals surface area (Å²) in [6, 6.07) is 3.44. The average molecular weight is 276 g/mol. The summed E-state index contributed by atoms with van der Waals surface area (Å²) >= 11 is 0. The number of aryl methyl sites for hydroxylation is 1. The van der Waals surface area contributed by atoms with Gasteiger partial charge in [0.2, 0.25) is 5.91 Å². The molecule has 0 saturated heterocycles. The van der Waals surface area contributed by atoms with Crippen molar-refractivity contribution >= 4 is 11.9 Å². The highest BCUT2D eigenvalue weighted by molar-refractivity contribution is 5.81. The normalized spacial score (nSPS) is 25.4. The van der Waals surface area contributed by atoms with E-state index >= 15 is 0 Å². The molecule has 2 N–H and O–H groups in total. The van der Waals surface area contributed by atoms with Crippen molar-refractivity contribution in [3.63, 3.8) is 0 Å². The van der Waals surface area contributed by atoms with Crippen LogP contribution in [0.4, 0.5) is 0 Å². The van der Waals surface area contributed by atoms with E-state index in [1.807, 2.05) is 19.1 Å². The molecule has 0 radical (unpaired) electrons. The van der Waals surface area contributed by atoms with Gasteiger partial charge in [0, 0.05) is 12.2 Å². The van der Waals surface area contributed by atoms with Gasteiger partial charge in [0.25, 0.3) is 0 Å². The van der Waals surface area contributed by atoms with E-state index in [1.165, 1.54) is 0 Å². The van der Waals surface area contributed by atoms with Crippen molar-refractivity contribution in [1.82, 2.24) is 10.3 Å². The van der Waals surface area contributed by atoms with Crippen LogP contribution in [-0.4, -0.2) is 28.0 Å². The number of nitrogens with one attached hydrogen (secondary N) is 1. The number of hydrogen-bond acceptors (Lipinski definition) is 3. The minimum absolute atomic E-state index is 0.161. The van der Waals surface area contributed by atoms with Gasteiger partial charge in [-0.1, -0.05) is 12.5 Å². The van der Waals surface area contributed by atoms with Crippen LogP contribution < -0.4 is 5.32 Å². The Labute approximate surface area is 118 Å². The van der Waals surface area contributed by atoms with Gasteiger partial charge >= 0.3 is 5.97 Å². The fraction of sp³-hybridized carbons (Fsp3) is 0.533. The number of rotatable bonds is 4. The third-order valence-electron chi connectivity index (χ3n) is 4.23. The first kappa shape index (κ1) is 14.5. The summed E-state index contributed by atoms with van der Waals surface area (Å²) in [5, 5.41) is 12.2. The van der Waals surface area contributed by atoms with E-state index in [0.29, 0.717) is 6.42 Å². The topological polar surface area (TPSA) is 79.3 Å². The Morgan fingerprint density at radius 1 is 1.55 bits per heavy atom. The number of aromatic nitrogens is 1. The van der Waals surface area contributed by atoms with Gasteiger partial charge in [-0.15, -0.1) is 0 Å². The first-order chi connectivity index (χ1) is 9.43. The Hall–Kier alpha value is -1.91. The van der Waals surface area contributed by atoms with Gasteiger partial charge in [0.15, 0.2) is 0 Å². The summed E-state index contributed by atoms with van der Waals surface area (Å²) in [7, 11) is 0. The molecule has 0 aromatic carbocycles. The molecule has 2 unspecified atom stereocenters. The molecule has 1 fully saturated rings. The zero-order chi connectivity index (χ0) is 14.8. The minimum Gasteiger partial charge on any atom is -0.481 e. The van der Waals surface area contributed by atoms with Crippen LogP contribution >= 0.6 is 0 Å². The molecule has 108 valence electrons. The highest BCUT2D eigenvalue weighted by Crippen LogP contribution is 2.38. The second kappa shape index (κ2) is 5.61. The number of carbonyl (C=O) groups excluding carboxylic acids is 1. The Morgan fingerprint density at radius 3 is 2.95 bits per heavy atom. The molecule has 1 saturated carbocycles. The third-order valence-corrected chi connectivity index (χ3v) is 4.23.